The maximum Gasteiger partial charge on any atom is 0.315 e. The molecule has 51 heavy (non-hydrogen) atoms. The van der Waals surface area contributed by atoms with Gasteiger partial charge in [-0.3, -0.25) is 25.0 Å². The summed E-state index contributed by atoms with van der Waals surface area (Å²) in [7, 11) is 2.69. The van der Waals surface area contributed by atoms with Gasteiger partial charge in [0.2, 0.25) is 17.3 Å². The predicted octanol–water partition coefficient (Wildman–Crippen LogP) is 9.39. The number of aromatic hydroxyl groups is 1. The van der Waals surface area contributed by atoms with Crippen LogP contribution in [-0.4, -0.2) is 58.4 Å². The topological polar surface area (TPSA) is 178 Å². The number of hydrogen-bond donors (Lipinski definition) is 1. The number of benzene rings is 2. The number of aliphatic imine (C=N–C) groups is 1. The molecule has 278 valence electrons. The number of carbonyl (C=O) groups is 1. The number of nitro benzene ring substituents is 2. The molecule has 1 aromatic heterocycles. The van der Waals surface area contributed by atoms with Crippen LogP contribution < -0.4 is 18.9 Å². The van der Waals surface area contributed by atoms with Crippen LogP contribution in [0.1, 0.15) is 120 Å². The second-order valence-corrected chi connectivity index (χ2v) is 12.7. The maximum atomic E-state index is 14.5. The van der Waals surface area contributed by atoms with Crippen molar-refractivity contribution in [2.45, 2.75) is 111 Å². The van der Waals surface area contributed by atoms with Crippen LogP contribution in [0.25, 0.3) is 10.9 Å². The number of ether oxygens (including phenoxy) is 4. The number of nitrogens with zero attached hydrogens (tertiary/aromatic N) is 4. The Morgan fingerprint density at radius 3 is 1.80 bits per heavy atom. The van der Waals surface area contributed by atoms with Crippen molar-refractivity contribution in [3.05, 3.63) is 43.6 Å². The van der Waals surface area contributed by atoms with Crippen molar-refractivity contribution < 1.29 is 38.7 Å². The van der Waals surface area contributed by atoms with E-state index in [0.717, 1.165) is 64.2 Å². The summed E-state index contributed by atoms with van der Waals surface area (Å²) >= 11 is 0. The van der Waals surface area contributed by atoms with Gasteiger partial charge in [-0.15, -0.1) is 0 Å². The van der Waals surface area contributed by atoms with Crippen LogP contribution >= 0.6 is 0 Å². The molecule has 0 atom stereocenters. The van der Waals surface area contributed by atoms with Gasteiger partial charge in [-0.25, -0.2) is 4.99 Å². The number of carbonyl (C=O) groups excluding carboxylic acids is 1. The summed E-state index contributed by atoms with van der Waals surface area (Å²) in [6.07, 6.45) is 11.6. The van der Waals surface area contributed by atoms with E-state index in [1.807, 2.05) is 6.92 Å². The second kappa shape index (κ2) is 18.4. The molecule has 1 N–H and O–H groups in total. The number of aromatic nitrogens is 1. The number of ketones is 1. The molecule has 4 rings (SSSR count). The van der Waals surface area contributed by atoms with Gasteiger partial charge in [0.1, 0.15) is 28.4 Å². The Bertz CT molecular complexity index is 1760. The van der Waals surface area contributed by atoms with Crippen LogP contribution in [0.3, 0.4) is 0 Å². The zero-order valence-electron chi connectivity index (χ0n) is 30.4. The Kier molecular flexibility index (Phi) is 14.0. The zero-order valence-corrected chi connectivity index (χ0v) is 30.4. The fourth-order valence-electron chi connectivity index (χ4n) is 6.46. The van der Waals surface area contributed by atoms with E-state index < -0.39 is 32.8 Å². The molecule has 0 saturated carbocycles. The largest absolute Gasteiger partial charge is 0.505 e. The molecule has 0 saturated heterocycles. The minimum atomic E-state index is -0.713. The first-order chi connectivity index (χ1) is 24.7. The Morgan fingerprint density at radius 1 is 0.745 bits per heavy atom. The van der Waals surface area contributed by atoms with Gasteiger partial charge in [-0.2, -0.15) is 0 Å². The molecule has 14 heteroatoms. The molecule has 1 aliphatic heterocycles. The van der Waals surface area contributed by atoms with Crippen molar-refractivity contribution in [1.29, 1.82) is 0 Å². The van der Waals surface area contributed by atoms with Gasteiger partial charge in [-0.05, 0) is 19.3 Å². The van der Waals surface area contributed by atoms with Crippen LogP contribution in [0, 0.1) is 20.2 Å². The third kappa shape index (κ3) is 8.37. The number of Topliss-reactive ketones (excluding diaryl/α,β-unsaturated/α-hetero) is 1. The first-order valence-corrected chi connectivity index (χ1v) is 18.1. The van der Waals surface area contributed by atoms with Gasteiger partial charge in [0.15, 0.2) is 11.5 Å². The normalized spacial score (nSPS) is 12.3. The summed E-state index contributed by atoms with van der Waals surface area (Å²) in [5.41, 5.74) is -0.855. The molecule has 0 fully saturated rings. The van der Waals surface area contributed by atoms with E-state index in [1.165, 1.54) is 26.4 Å². The Balaban J connectivity index is 1.92. The smallest absolute Gasteiger partial charge is 0.315 e. The number of fused-ring (bicyclic) bond motifs is 2. The molecular formula is C37H50N4O10. The minimum absolute atomic E-state index is 0.0101. The third-order valence-corrected chi connectivity index (χ3v) is 9.09. The van der Waals surface area contributed by atoms with Gasteiger partial charge < -0.3 is 28.6 Å². The molecule has 0 unspecified atom stereocenters. The third-order valence-electron chi connectivity index (χ3n) is 9.09. The highest BCUT2D eigenvalue weighted by molar-refractivity contribution is 6.56. The van der Waals surface area contributed by atoms with Crippen LogP contribution in [0.5, 0.6) is 28.7 Å². The Morgan fingerprint density at radius 2 is 1.25 bits per heavy atom. The van der Waals surface area contributed by atoms with Gasteiger partial charge >= 0.3 is 11.4 Å². The van der Waals surface area contributed by atoms with Crippen molar-refractivity contribution in [2.24, 2.45) is 4.99 Å². The van der Waals surface area contributed by atoms with E-state index in [4.69, 9.17) is 18.9 Å². The first kappa shape index (κ1) is 38.9. The van der Waals surface area contributed by atoms with E-state index in [0.29, 0.717) is 31.3 Å². The van der Waals surface area contributed by atoms with Crippen molar-refractivity contribution in [2.75, 3.05) is 27.4 Å². The van der Waals surface area contributed by atoms with Gasteiger partial charge in [-0.1, -0.05) is 85.0 Å². The summed E-state index contributed by atoms with van der Waals surface area (Å²) in [6, 6.07) is 2.45. The van der Waals surface area contributed by atoms with E-state index in [-0.39, 0.29) is 64.3 Å². The lowest BCUT2D eigenvalue weighted by Gasteiger charge is -2.14. The van der Waals surface area contributed by atoms with Crippen LogP contribution in [0.15, 0.2) is 17.1 Å². The highest BCUT2D eigenvalue weighted by atomic mass is 16.6. The lowest BCUT2D eigenvalue weighted by atomic mass is 10.0. The Labute approximate surface area is 298 Å². The molecule has 0 radical (unpaired) electrons. The highest BCUT2D eigenvalue weighted by Crippen LogP contribution is 2.52. The molecule has 0 bridgehead atoms. The summed E-state index contributed by atoms with van der Waals surface area (Å²) in [4.78, 5) is 42.5. The van der Waals surface area contributed by atoms with Crippen LogP contribution in [0.2, 0.25) is 0 Å². The predicted molar refractivity (Wildman–Crippen MR) is 195 cm³/mol. The molecule has 14 nitrogen and oxygen atoms in total. The van der Waals surface area contributed by atoms with Crippen LogP contribution in [-0.2, 0) is 6.54 Å². The Hall–Kier alpha value is -4.88. The average Bonchev–Trinajstić information content (AvgIpc) is 3.60. The van der Waals surface area contributed by atoms with Gasteiger partial charge in [0.25, 0.3) is 0 Å². The highest BCUT2D eigenvalue weighted by Gasteiger charge is 2.41. The summed E-state index contributed by atoms with van der Waals surface area (Å²) < 4.78 is 24.9. The van der Waals surface area contributed by atoms with Gasteiger partial charge in [0, 0.05) is 6.54 Å². The van der Waals surface area contributed by atoms with E-state index >= 15 is 0 Å². The minimum Gasteiger partial charge on any atom is -0.505 e. The molecule has 0 spiro atoms. The van der Waals surface area contributed by atoms with E-state index in [1.54, 1.807) is 4.57 Å². The SMILES string of the molecule is CCCCCCCOc1c([N+](=O)[O-])cc(OC)c2c1C(=O)C(c1c(O)c3c(OCCCCCCC)c([N+](=O)[O-])cc(OC)c3n1CCCCC)=N2. The maximum absolute atomic E-state index is 14.5. The molecule has 0 amide bonds. The quantitative estimate of drug-likeness (QED) is 0.0566. The van der Waals surface area contributed by atoms with Crippen molar-refractivity contribution in [3.63, 3.8) is 0 Å². The first-order valence-electron chi connectivity index (χ1n) is 18.1. The second-order valence-electron chi connectivity index (χ2n) is 12.7. The van der Waals surface area contributed by atoms with Crippen molar-refractivity contribution >= 4 is 39.5 Å². The number of unbranched alkanes of at least 4 members (excludes halogenated alkanes) is 10. The summed E-state index contributed by atoms with van der Waals surface area (Å²) in [6.45, 7) is 6.87. The van der Waals surface area contributed by atoms with E-state index in [2.05, 4.69) is 18.8 Å². The number of nitro groups is 2. The van der Waals surface area contributed by atoms with Crippen molar-refractivity contribution in [1.82, 2.24) is 4.57 Å². The number of hydrogen-bond acceptors (Lipinski definition) is 11. The van der Waals surface area contributed by atoms with Gasteiger partial charge in [0.05, 0.1) is 60.3 Å². The molecule has 3 aromatic rings. The molecule has 1 aliphatic rings. The molecule has 2 aromatic carbocycles. The molecule has 0 aliphatic carbocycles. The van der Waals surface area contributed by atoms with E-state index in [9.17, 15) is 30.1 Å². The lowest BCUT2D eigenvalue weighted by Crippen LogP contribution is -2.18. The number of rotatable bonds is 23. The standard InChI is InChI=1S/C37H50N4O10/c1-6-9-12-14-17-20-50-36-24(40(44)45)22-26(48-4)30-28(36)34(42)31(38-30)33-35(43)29-32(39(33)19-16-11-8-3)27(49-5)23-25(41(46)47)37(29)51-21-18-15-13-10-7-2/h22-23,43H,6-21H2,1-5H3. The zero-order chi connectivity index (χ0) is 37.1. The number of methoxy groups -OCH3 is 2. The fourth-order valence-corrected chi connectivity index (χ4v) is 6.46. The number of aryl methyl sites for hydroxylation is 1. The van der Waals surface area contributed by atoms with Crippen molar-refractivity contribution in [3.8, 4) is 28.7 Å². The molecular weight excluding hydrogens is 660 g/mol. The fraction of sp³-hybridized carbons (Fsp3) is 0.568. The lowest BCUT2D eigenvalue weighted by molar-refractivity contribution is -0.386. The summed E-state index contributed by atoms with van der Waals surface area (Å²) in [5, 5.41) is 36.7. The molecule has 2 heterocycles. The van der Waals surface area contributed by atoms with Crippen LogP contribution in [0.4, 0.5) is 17.1 Å². The average molecular weight is 711 g/mol. The summed E-state index contributed by atoms with van der Waals surface area (Å²) in [5.74, 6) is -1.42. The monoisotopic (exact) mass is 710 g/mol.